The summed E-state index contributed by atoms with van der Waals surface area (Å²) < 4.78 is 16.8. The third-order valence-electron chi connectivity index (χ3n) is 4.16. The van der Waals surface area contributed by atoms with Gasteiger partial charge in [0.1, 0.15) is 24.7 Å². The molecule has 0 amide bonds. The van der Waals surface area contributed by atoms with E-state index in [0.29, 0.717) is 13.2 Å². The number of nitrogens with zero attached hydrogens (tertiary/aromatic N) is 3. The van der Waals surface area contributed by atoms with Crippen molar-refractivity contribution in [2.24, 2.45) is 0 Å². The molecule has 1 fully saturated rings. The number of benzene rings is 1. The highest BCUT2D eigenvalue weighted by Gasteiger charge is 2.14. The Hall–Kier alpha value is -1.76. The van der Waals surface area contributed by atoms with E-state index in [1.54, 1.807) is 0 Å². The van der Waals surface area contributed by atoms with Gasteiger partial charge in [0.25, 0.3) is 0 Å². The first-order chi connectivity index (χ1) is 11.7. The van der Waals surface area contributed by atoms with Crippen LogP contribution in [0.3, 0.4) is 0 Å². The maximum Gasteiger partial charge on any atom is 0.161 e. The molecule has 1 saturated heterocycles. The lowest BCUT2D eigenvalue weighted by Gasteiger charge is -2.32. The van der Waals surface area contributed by atoms with Crippen LogP contribution in [0.1, 0.15) is 11.5 Å². The van der Waals surface area contributed by atoms with Gasteiger partial charge in [0, 0.05) is 38.8 Å². The average Bonchev–Trinajstić information content (AvgIpc) is 3.01. The summed E-state index contributed by atoms with van der Waals surface area (Å²) in [4.78, 5) is 4.79. The van der Waals surface area contributed by atoms with E-state index >= 15 is 0 Å². The monoisotopic (exact) mass is 367 g/mol. The van der Waals surface area contributed by atoms with Gasteiger partial charge in [0.05, 0.1) is 0 Å². The molecular formula is C18H26ClN3O3. The van der Waals surface area contributed by atoms with Crippen LogP contribution in [0.25, 0.3) is 0 Å². The lowest BCUT2D eigenvalue weighted by atomic mass is 10.3. The van der Waals surface area contributed by atoms with Crippen LogP contribution in [0.5, 0.6) is 11.5 Å². The SMILES string of the molecule is Cc1cc(COc2ccccc2OCCN2CCN(C)CC2)no1.Cl. The first kappa shape index (κ1) is 19.6. The molecule has 0 bridgehead atoms. The number of ether oxygens (including phenoxy) is 2. The number of rotatable bonds is 7. The fraction of sp³-hybridized carbons (Fsp3) is 0.500. The normalized spacial score (nSPS) is 15.6. The van der Waals surface area contributed by atoms with Crippen molar-refractivity contribution in [2.75, 3.05) is 46.4 Å². The number of para-hydroxylation sites is 2. The molecule has 1 aromatic carbocycles. The number of likely N-dealkylation sites (N-methyl/N-ethyl adjacent to an activating group) is 1. The lowest BCUT2D eigenvalue weighted by molar-refractivity contribution is 0.132. The zero-order chi connectivity index (χ0) is 16.8. The van der Waals surface area contributed by atoms with E-state index in [0.717, 1.165) is 55.7 Å². The van der Waals surface area contributed by atoms with Crippen LogP contribution in [0, 0.1) is 6.92 Å². The van der Waals surface area contributed by atoms with E-state index in [1.165, 1.54) is 0 Å². The summed E-state index contributed by atoms with van der Waals surface area (Å²) in [5, 5.41) is 3.94. The van der Waals surface area contributed by atoms with Gasteiger partial charge in [0.2, 0.25) is 0 Å². The van der Waals surface area contributed by atoms with Crippen LogP contribution in [-0.4, -0.2) is 61.3 Å². The Morgan fingerprint density at radius 1 is 1.08 bits per heavy atom. The highest BCUT2D eigenvalue weighted by Crippen LogP contribution is 2.27. The minimum Gasteiger partial charge on any atom is -0.488 e. The minimum atomic E-state index is 0. The van der Waals surface area contributed by atoms with Gasteiger partial charge in [-0.3, -0.25) is 4.90 Å². The van der Waals surface area contributed by atoms with Crippen molar-refractivity contribution in [3.63, 3.8) is 0 Å². The first-order valence-corrected chi connectivity index (χ1v) is 8.38. The Morgan fingerprint density at radius 2 is 1.76 bits per heavy atom. The fourth-order valence-corrected chi connectivity index (χ4v) is 2.68. The second-order valence-corrected chi connectivity index (χ2v) is 6.16. The first-order valence-electron chi connectivity index (χ1n) is 8.38. The van der Waals surface area contributed by atoms with Gasteiger partial charge in [-0.05, 0) is 26.1 Å². The molecule has 0 unspecified atom stereocenters. The zero-order valence-electron chi connectivity index (χ0n) is 14.8. The van der Waals surface area contributed by atoms with E-state index in [1.807, 2.05) is 37.3 Å². The van der Waals surface area contributed by atoms with Crippen LogP contribution in [0.4, 0.5) is 0 Å². The molecule has 1 aliphatic rings. The Morgan fingerprint density at radius 3 is 2.40 bits per heavy atom. The summed E-state index contributed by atoms with van der Waals surface area (Å²) >= 11 is 0. The zero-order valence-corrected chi connectivity index (χ0v) is 15.6. The topological polar surface area (TPSA) is 51.0 Å². The van der Waals surface area contributed by atoms with Gasteiger partial charge in [0.15, 0.2) is 11.5 Å². The molecular weight excluding hydrogens is 342 g/mol. The summed E-state index contributed by atoms with van der Waals surface area (Å²) in [5.41, 5.74) is 0.778. The maximum atomic E-state index is 5.94. The van der Waals surface area contributed by atoms with Crippen molar-refractivity contribution < 1.29 is 14.0 Å². The third-order valence-corrected chi connectivity index (χ3v) is 4.16. The average molecular weight is 368 g/mol. The van der Waals surface area contributed by atoms with Crippen molar-refractivity contribution in [3.8, 4) is 11.5 Å². The second kappa shape index (κ2) is 9.65. The van der Waals surface area contributed by atoms with E-state index in [-0.39, 0.29) is 12.4 Å². The van der Waals surface area contributed by atoms with Gasteiger partial charge in [-0.15, -0.1) is 12.4 Å². The molecule has 0 N–H and O–H groups in total. The maximum absolute atomic E-state index is 5.94. The molecule has 0 spiro atoms. The minimum absolute atomic E-state index is 0. The molecule has 2 heterocycles. The lowest BCUT2D eigenvalue weighted by Crippen LogP contribution is -2.45. The Kier molecular flexibility index (Phi) is 7.55. The number of aromatic nitrogens is 1. The standard InChI is InChI=1S/C18H25N3O3.ClH/c1-15-13-16(19-24-15)14-23-18-6-4-3-5-17(18)22-12-11-21-9-7-20(2)8-10-21;/h3-6,13H,7-12,14H2,1-2H3;1H. The number of aryl methyl sites for hydroxylation is 1. The molecule has 3 rings (SSSR count). The Bertz CT molecular complexity index is 642. The van der Waals surface area contributed by atoms with Crippen molar-refractivity contribution in [3.05, 3.63) is 41.8 Å². The van der Waals surface area contributed by atoms with Gasteiger partial charge in [-0.1, -0.05) is 17.3 Å². The number of piperazine rings is 1. The van der Waals surface area contributed by atoms with E-state index in [4.69, 9.17) is 14.0 Å². The quantitative estimate of drug-likeness (QED) is 0.749. The van der Waals surface area contributed by atoms with Crippen LogP contribution in [0.2, 0.25) is 0 Å². The van der Waals surface area contributed by atoms with Crippen molar-refractivity contribution in [1.29, 1.82) is 0 Å². The van der Waals surface area contributed by atoms with E-state index in [2.05, 4.69) is 22.0 Å². The van der Waals surface area contributed by atoms with E-state index in [9.17, 15) is 0 Å². The number of halogens is 1. The molecule has 0 saturated carbocycles. The predicted octanol–water partition coefficient (Wildman–Crippen LogP) is 2.61. The van der Waals surface area contributed by atoms with Gasteiger partial charge in [-0.2, -0.15) is 0 Å². The summed E-state index contributed by atoms with van der Waals surface area (Å²) in [6, 6.07) is 9.62. The summed E-state index contributed by atoms with van der Waals surface area (Å²) in [6.07, 6.45) is 0. The van der Waals surface area contributed by atoms with E-state index < -0.39 is 0 Å². The Balaban J connectivity index is 0.00000225. The Labute approximate surface area is 155 Å². The third kappa shape index (κ3) is 5.92. The summed E-state index contributed by atoms with van der Waals surface area (Å²) in [6.45, 7) is 8.28. The number of hydrogen-bond acceptors (Lipinski definition) is 6. The van der Waals surface area contributed by atoms with Gasteiger partial charge >= 0.3 is 0 Å². The second-order valence-electron chi connectivity index (χ2n) is 6.16. The summed E-state index contributed by atoms with van der Waals surface area (Å²) in [7, 11) is 2.16. The van der Waals surface area contributed by atoms with Gasteiger partial charge in [-0.25, -0.2) is 0 Å². The molecule has 1 aromatic heterocycles. The largest absolute Gasteiger partial charge is 0.488 e. The highest BCUT2D eigenvalue weighted by atomic mass is 35.5. The van der Waals surface area contributed by atoms with Crippen LogP contribution < -0.4 is 9.47 Å². The predicted molar refractivity (Wildman–Crippen MR) is 98.7 cm³/mol. The molecule has 0 atom stereocenters. The fourth-order valence-electron chi connectivity index (χ4n) is 2.68. The van der Waals surface area contributed by atoms with Crippen LogP contribution >= 0.6 is 12.4 Å². The number of hydrogen-bond donors (Lipinski definition) is 0. The molecule has 1 aliphatic heterocycles. The molecule has 138 valence electrons. The molecule has 0 aliphatic carbocycles. The van der Waals surface area contributed by atoms with Crippen LogP contribution in [0.15, 0.2) is 34.9 Å². The molecule has 25 heavy (non-hydrogen) atoms. The smallest absolute Gasteiger partial charge is 0.161 e. The molecule has 6 nitrogen and oxygen atoms in total. The molecule has 2 aromatic rings. The van der Waals surface area contributed by atoms with Crippen molar-refractivity contribution in [1.82, 2.24) is 15.0 Å². The molecule has 7 heteroatoms. The molecule has 0 radical (unpaired) electrons. The van der Waals surface area contributed by atoms with Crippen molar-refractivity contribution in [2.45, 2.75) is 13.5 Å². The van der Waals surface area contributed by atoms with Crippen molar-refractivity contribution >= 4 is 12.4 Å². The van der Waals surface area contributed by atoms with Crippen LogP contribution in [-0.2, 0) is 6.61 Å². The van der Waals surface area contributed by atoms with Gasteiger partial charge < -0.3 is 18.9 Å². The highest BCUT2D eigenvalue weighted by molar-refractivity contribution is 5.85. The summed E-state index contributed by atoms with van der Waals surface area (Å²) in [5.74, 6) is 2.29.